The molecule has 0 aromatic heterocycles. The molecule has 28 heavy (non-hydrogen) atoms. The molecule has 0 aliphatic carbocycles. The first-order valence-corrected chi connectivity index (χ1v) is 8.69. The summed E-state index contributed by atoms with van der Waals surface area (Å²) >= 11 is 0. The molecule has 0 radical (unpaired) electrons. The van der Waals surface area contributed by atoms with E-state index in [1.807, 2.05) is 0 Å². The summed E-state index contributed by atoms with van der Waals surface area (Å²) in [6.45, 7) is -0.0408. The van der Waals surface area contributed by atoms with Crippen LogP contribution in [-0.4, -0.2) is 48.2 Å². The summed E-state index contributed by atoms with van der Waals surface area (Å²) in [4.78, 5) is 49.1. The Kier molecular flexibility index (Phi) is 5.78. The Morgan fingerprint density at radius 3 is 1.93 bits per heavy atom. The number of amides is 4. The van der Waals surface area contributed by atoms with Crippen LogP contribution in [0.5, 0.6) is 0 Å². The topological polar surface area (TPSA) is 95.6 Å². The second-order valence-electron chi connectivity index (χ2n) is 6.25. The molecule has 2 aromatic carbocycles. The van der Waals surface area contributed by atoms with Gasteiger partial charge in [-0.1, -0.05) is 24.3 Å². The summed E-state index contributed by atoms with van der Waals surface area (Å²) in [6.07, 6.45) is 0.100. The SMILES string of the molecule is O=C(Cc1ccc(F)cc1)NCCNC(=O)CN1C(=O)c2ccccc2C1=O. The molecule has 0 fully saturated rings. The molecule has 2 aromatic rings. The average Bonchev–Trinajstić information content (AvgIpc) is 2.92. The molecular formula is C20H18FN3O4. The van der Waals surface area contributed by atoms with Crippen LogP contribution in [0.2, 0.25) is 0 Å². The number of benzene rings is 2. The summed E-state index contributed by atoms with van der Waals surface area (Å²) in [5, 5.41) is 5.19. The molecule has 4 amide bonds. The van der Waals surface area contributed by atoms with Crippen LogP contribution in [-0.2, 0) is 16.0 Å². The van der Waals surface area contributed by atoms with Gasteiger partial charge in [-0.15, -0.1) is 0 Å². The van der Waals surface area contributed by atoms with Gasteiger partial charge in [0, 0.05) is 13.1 Å². The third-order valence-corrected chi connectivity index (χ3v) is 4.23. The highest BCUT2D eigenvalue weighted by atomic mass is 19.1. The zero-order valence-electron chi connectivity index (χ0n) is 14.9. The quantitative estimate of drug-likeness (QED) is 0.549. The van der Waals surface area contributed by atoms with Crippen LogP contribution in [0, 0.1) is 5.82 Å². The van der Waals surface area contributed by atoms with Crippen LogP contribution in [0.15, 0.2) is 48.5 Å². The molecule has 0 saturated heterocycles. The Balaban J connectivity index is 1.39. The molecule has 2 N–H and O–H groups in total. The van der Waals surface area contributed by atoms with Crippen molar-refractivity contribution in [2.75, 3.05) is 19.6 Å². The monoisotopic (exact) mass is 383 g/mol. The minimum atomic E-state index is -0.498. The van der Waals surface area contributed by atoms with E-state index in [1.54, 1.807) is 24.3 Å². The van der Waals surface area contributed by atoms with E-state index in [0.29, 0.717) is 5.56 Å². The highest BCUT2D eigenvalue weighted by molar-refractivity contribution is 6.22. The van der Waals surface area contributed by atoms with Gasteiger partial charge in [-0.2, -0.15) is 0 Å². The van der Waals surface area contributed by atoms with E-state index in [1.165, 1.54) is 24.3 Å². The smallest absolute Gasteiger partial charge is 0.262 e. The van der Waals surface area contributed by atoms with E-state index in [9.17, 15) is 23.6 Å². The predicted octanol–water partition coefficient (Wildman–Crippen LogP) is 0.897. The largest absolute Gasteiger partial charge is 0.354 e. The van der Waals surface area contributed by atoms with Crippen molar-refractivity contribution in [1.82, 2.24) is 15.5 Å². The minimum absolute atomic E-state index is 0.100. The molecule has 0 atom stereocenters. The minimum Gasteiger partial charge on any atom is -0.354 e. The zero-order chi connectivity index (χ0) is 20.1. The lowest BCUT2D eigenvalue weighted by Gasteiger charge is -2.13. The van der Waals surface area contributed by atoms with Crippen molar-refractivity contribution in [2.45, 2.75) is 6.42 Å². The number of fused-ring (bicyclic) bond motifs is 1. The zero-order valence-corrected chi connectivity index (χ0v) is 14.9. The fraction of sp³-hybridized carbons (Fsp3) is 0.200. The third-order valence-electron chi connectivity index (χ3n) is 4.23. The van der Waals surface area contributed by atoms with Crippen LogP contribution in [0.1, 0.15) is 26.3 Å². The van der Waals surface area contributed by atoms with Crippen LogP contribution < -0.4 is 10.6 Å². The molecule has 0 bridgehead atoms. The summed E-state index contributed by atoms with van der Waals surface area (Å²) in [5.74, 6) is -2.12. The second kappa shape index (κ2) is 8.43. The van der Waals surface area contributed by atoms with Crippen molar-refractivity contribution in [1.29, 1.82) is 0 Å². The molecular weight excluding hydrogens is 365 g/mol. The molecule has 3 rings (SSSR count). The van der Waals surface area contributed by atoms with Gasteiger partial charge in [0.25, 0.3) is 11.8 Å². The molecule has 0 saturated carbocycles. The number of imide groups is 1. The lowest BCUT2D eigenvalue weighted by Crippen LogP contribution is -2.42. The fourth-order valence-corrected chi connectivity index (χ4v) is 2.84. The van der Waals surface area contributed by atoms with Crippen molar-refractivity contribution in [3.05, 3.63) is 71.0 Å². The van der Waals surface area contributed by atoms with Gasteiger partial charge in [0.05, 0.1) is 17.5 Å². The molecule has 0 unspecified atom stereocenters. The number of nitrogens with zero attached hydrogens (tertiary/aromatic N) is 1. The Morgan fingerprint density at radius 2 is 1.36 bits per heavy atom. The Morgan fingerprint density at radius 1 is 0.821 bits per heavy atom. The van der Waals surface area contributed by atoms with Crippen LogP contribution in [0.3, 0.4) is 0 Å². The van der Waals surface area contributed by atoms with Gasteiger partial charge in [-0.25, -0.2) is 4.39 Å². The lowest BCUT2D eigenvalue weighted by molar-refractivity contribution is -0.122. The highest BCUT2D eigenvalue weighted by Gasteiger charge is 2.36. The van der Waals surface area contributed by atoms with Crippen LogP contribution in [0.4, 0.5) is 4.39 Å². The Labute approximate surface area is 160 Å². The van der Waals surface area contributed by atoms with E-state index in [4.69, 9.17) is 0 Å². The van der Waals surface area contributed by atoms with E-state index in [-0.39, 0.29) is 48.9 Å². The number of hydrogen-bond acceptors (Lipinski definition) is 4. The van der Waals surface area contributed by atoms with Crippen molar-refractivity contribution in [3.63, 3.8) is 0 Å². The standard InChI is InChI=1S/C20H18FN3O4/c21-14-7-5-13(6-8-14)11-17(25)22-9-10-23-18(26)12-24-19(27)15-3-1-2-4-16(15)20(24)28/h1-8H,9-12H2,(H,22,25)(H,23,26). The van der Waals surface area contributed by atoms with E-state index >= 15 is 0 Å². The lowest BCUT2D eigenvalue weighted by atomic mass is 10.1. The van der Waals surface area contributed by atoms with Crippen LogP contribution >= 0.6 is 0 Å². The van der Waals surface area contributed by atoms with Crippen molar-refractivity contribution in [2.24, 2.45) is 0 Å². The summed E-state index contributed by atoms with van der Waals surface area (Å²) in [5.41, 5.74) is 1.25. The Bertz CT molecular complexity index is 892. The van der Waals surface area contributed by atoms with Gasteiger partial charge in [-0.05, 0) is 29.8 Å². The predicted molar refractivity (Wildman–Crippen MR) is 97.9 cm³/mol. The average molecular weight is 383 g/mol. The number of rotatable bonds is 7. The third kappa shape index (κ3) is 4.40. The highest BCUT2D eigenvalue weighted by Crippen LogP contribution is 2.21. The summed E-state index contributed by atoms with van der Waals surface area (Å²) in [6, 6.07) is 12.0. The maximum atomic E-state index is 12.8. The second-order valence-corrected chi connectivity index (χ2v) is 6.25. The molecule has 1 heterocycles. The normalized spacial score (nSPS) is 12.7. The van der Waals surface area contributed by atoms with Gasteiger partial charge < -0.3 is 10.6 Å². The number of carbonyl (C=O) groups is 4. The maximum Gasteiger partial charge on any atom is 0.262 e. The number of carbonyl (C=O) groups excluding carboxylic acids is 4. The molecule has 144 valence electrons. The van der Waals surface area contributed by atoms with Gasteiger partial charge in [0.15, 0.2) is 0 Å². The van der Waals surface area contributed by atoms with Gasteiger partial charge in [0.1, 0.15) is 12.4 Å². The van der Waals surface area contributed by atoms with Crippen molar-refractivity contribution < 1.29 is 23.6 Å². The van der Waals surface area contributed by atoms with Gasteiger partial charge in [-0.3, -0.25) is 24.1 Å². The van der Waals surface area contributed by atoms with E-state index in [0.717, 1.165) is 4.90 Å². The first-order chi connectivity index (χ1) is 13.5. The van der Waals surface area contributed by atoms with Gasteiger partial charge in [0.2, 0.25) is 11.8 Å². The van der Waals surface area contributed by atoms with Crippen LogP contribution in [0.25, 0.3) is 0 Å². The molecule has 8 heteroatoms. The fourth-order valence-electron chi connectivity index (χ4n) is 2.84. The Hall–Kier alpha value is -3.55. The van der Waals surface area contributed by atoms with Crippen molar-refractivity contribution in [3.8, 4) is 0 Å². The van der Waals surface area contributed by atoms with Crippen molar-refractivity contribution >= 4 is 23.6 Å². The molecule has 0 spiro atoms. The first-order valence-electron chi connectivity index (χ1n) is 8.69. The molecule has 1 aliphatic rings. The number of hydrogen-bond donors (Lipinski definition) is 2. The number of halogens is 1. The molecule has 7 nitrogen and oxygen atoms in total. The maximum absolute atomic E-state index is 12.8. The number of nitrogens with one attached hydrogen (secondary N) is 2. The summed E-state index contributed by atoms with van der Waals surface area (Å²) < 4.78 is 12.8. The first kappa shape index (κ1) is 19.2. The summed E-state index contributed by atoms with van der Waals surface area (Å²) in [7, 11) is 0. The van der Waals surface area contributed by atoms with E-state index < -0.39 is 17.7 Å². The molecule has 1 aliphatic heterocycles. The van der Waals surface area contributed by atoms with E-state index in [2.05, 4.69) is 10.6 Å². The van der Waals surface area contributed by atoms with Gasteiger partial charge >= 0.3 is 0 Å².